The van der Waals surface area contributed by atoms with Crippen LogP contribution in [-0.4, -0.2) is 33.4 Å². The van der Waals surface area contributed by atoms with Crippen molar-refractivity contribution < 1.29 is 18.9 Å². The Kier molecular flexibility index (Phi) is 5.18. The van der Waals surface area contributed by atoms with Gasteiger partial charge in [0.2, 0.25) is 5.75 Å². The van der Waals surface area contributed by atoms with E-state index in [2.05, 4.69) is 16.4 Å². The molecule has 0 saturated heterocycles. The minimum Gasteiger partial charge on any atom is -0.497 e. The first-order chi connectivity index (χ1) is 13.1. The Balaban J connectivity index is 2.17. The third kappa shape index (κ3) is 3.37. The van der Waals surface area contributed by atoms with Gasteiger partial charge in [0.05, 0.1) is 45.2 Å². The van der Waals surface area contributed by atoms with Crippen molar-refractivity contribution in [3.05, 3.63) is 42.1 Å². The van der Waals surface area contributed by atoms with Crippen molar-refractivity contribution in [1.82, 2.24) is 4.98 Å². The molecule has 0 aliphatic carbocycles. The van der Waals surface area contributed by atoms with Gasteiger partial charge < -0.3 is 24.3 Å². The van der Waals surface area contributed by atoms with E-state index in [1.54, 1.807) is 40.6 Å². The number of benzene rings is 2. The van der Waals surface area contributed by atoms with Crippen molar-refractivity contribution >= 4 is 22.3 Å². The van der Waals surface area contributed by atoms with Gasteiger partial charge in [-0.1, -0.05) is 0 Å². The van der Waals surface area contributed by atoms with Crippen LogP contribution in [0.15, 0.2) is 36.5 Å². The fourth-order valence-corrected chi connectivity index (χ4v) is 2.82. The van der Waals surface area contributed by atoms with Gasteiger partial charge in [0.1, 0.15) is 11.8 Å². The predicted octanol–water partition coefficient (Wildman–Crippen LogP) is 3.88. The number of fused-ring (bicyclic) bond motifs is 1. The Morgan fingerprint density at radius 2 is 1.63 bits per heavy atom. The lowest BCUT2D eigenvalue weighted by Gasteiger charge is -2.16. The van der Waals surface area contributed by atoms with E-state index in [0.717, 1.165) is 10.9 Å². The van der Waals surface area contributed by atoms with Crippen molar-refractivity contribution in [2.45, 2.75) is 0 Å². The summed E-state index contributed by atoms with van der Waals surface area (Å²) >= 11 is 0. The van der Waals surface area contributed by atoms with Crippen molar-refractivity contribution in [2.24, 2.45) is 0 Å². The molecule has 0 bridgehead atoms. The topological polar surface area (TPSA) is 85.6 Å². The Bertz CT molecular complexity index is 1000. The van der Waals surface area contributed by atoms with Gasteiger partial charge >= 0.3 is 0 Å². The van der Waals surface area contributed by atoms with E-state index in [1.165, 1.54) is 6.20 Å². The number of aromatic nitrogens is 1. The molecule has 1 aromatic heterocycles. The van der Waals surface area contributed by atoms with Gasteiger partial charge in [0, 0.05) is 29.4 Å². The van der Waals surface area contributed by atoms with E-state index in [1.807, 2.05) is 18.2 Å². The van der Waals surface area contributed by atoms with Crippen LogP contribution in [0.5, 0.6) is 23.0 Å². The summed E-state index contributed by atoms with van der Waals surface area (Å²) in [5.74, 6) is 2.18. The maximum Gasteiger partial charge on any atom is 0.203 e. The molecule has 1 heterocycles. The molecule has 27 heavy (non-hydrogen) atoms. The van der Waals surface area contributed by atoms with Crippen molar-refractivity contribution in [2.75, 3.05) is 33.8 Å². The number of methoxy groups -OCH3 is 4. The van der Waals surface area contributed by atoms with Crippen LogP contribution in [0.3, 0.4) is 0 Å². The lowest BCUT2D eigenvalue weighted by atomic mass is 10.1. The molecule has 3 aromatic rings. The van der Waals surface area contributed by atoms with Crippen LogP contribution < -0.4 is 24.3 Å². The van der Waals surface area contributed by atoms with Crippen LogP contribution in [0.2, 0.25) is 0 Å². The molecule has 2 aromatic carbocycles. The Labute approximate surface area is 157 Å². The molecule has 0 aliphatic heterocycles. The van der Waals surface area contributed by atoms with Gasteiger partial charge in [-0.2, -0.15) is 5.26 Å². The molecule has 3 rings (SSSR count). The standard InChI is InChI=1S/C20H19N3O4/c1-24-14-5-6-16-15(9-14)19(12(10-21)11-22-16)23-13-7-17(25-2)20(27-4)18(8-13)26-3/h5-9,11H,1-4H3,(H,22,23). The molecular formula is C20H19N3O4. The first-order valence-corrected chi connectivity index (χ1v) is 8.09. The molecule has 0 saturated carbocycles. The summed E-state index contributed by atoms with van der Waals surface area (Å²) in [6.07, 6.45) is 1.54. The molecule has 0 fully saturated rings. The fourth-order valence-electron chi connectivity index (χ4n) is 2.82. The van der Waals surface area contributed by atoms with E-state index < -0.39 is 0 Å². The number of nitriles is 1. The first kappa shape index (κ1) is 18.1. The summed E-state index contributed by atoms with van der Waals surface area (Å²) < 4.78 is 21.5. The highest BCUT2D eigenvalue weighted by Crippen LogP contribution is 2.41. The van der Waals surface area contributed by atoms with Gasteiger partial charge in [-0.15, -0.1) is 0 Å². The minimum absolute atomic E-state index is 0.407. The zero-order chi connectivity index (χ0) is 19.4. The molecule has 7 nitrogen and oxygen atoms in total. The second kappa shape index (κ2) is 7.70. The molecule has 0 atom stereocenters. The number of hydrogen-bond acceptors (Lipinski definition) is 7. The van der Waals surface area contributed by atoms with Crippen LogP contribution >= 0.6 is 0 Å². The summed E-state index contributed by atoms with van der Waals surface area (Å²) in [4.78, 5) is 4.34. The normalized spacial score (nSPS) is 10.2. The van der Waals surface area contributed by atoms with Crippen LogP contribution in [0.1, 0.15) is 5.56 Å². The SMILES string of the molecule is COc1ccc2ncc(C#N)c(Nc3cc(OC)c(OC)c(OC)c3)c2c1. The summed E-state index contributed by atoms with van der Waals surface area (Å²) in [5, 5.41) is 13.6. The first-order valence-electron chi connectivity index (χ1n) is 8.09. The number of hydrogen-bond donors (Lipinski definition) is 1. The third-order valence-corrected chi connectivity index (χ3v) is 4.13. The third-order valence-electron chi connectivity index (χ3n) is 4.13. The van der Waals surface area contributed by atoms with Crippen molar-refractivity contribution in [1.29, 1.82) is 5.26 Å². The smallest absolute Gasteiger partial charge is 0.203 e. The van der Waals surface area contributed by atoms with Crippen LogP contribution in [-0.2, 0) is 0 Å². The molecule has 0 radical (unpaired) electrons. The fraction of sp³-hybridized carbons (Fsp3) is 0.200. The lowest BCUT2D eigenvalue weighted by Crippen LogP contribution is -2.00. The van der Waals surface area contributed by atoms with E-state index in [0.29, 0.717) is 39.9 Å². The Hall–Kier alpha value is -3.66. The second-order valence-corrected chi connectivity index (χ2v) is 5.58. The summed E-state index contributed by atoms with van der Waals surface area (Å²) in [5.41, 5.74) is 2.45. The average Bonchev–Trinajstić information content (AvgIpc) is 2.72. The highest BCUT2D eigenvalue weighted by atomic mass is 16.5. The van der Waals surface area contributed by atoms with Crippen LogP contribution in [0.4, 0.5) is 11.4 Å². The van der Waals surface area contributed by atoms with Crippen molar-refractivity contribution in [3.8, 4) is 29.1 Å². The zero-order valence-corrected chi connectivity index (χ0v) is 15.5. The molecule has 1 N–H and O–H groups in total. The second-order valence-electron chi connectivity index (χ2n) is 5.58. The van der Waals surface area contributed by atoms with E-state index in [9.17, 15) is 5.26 Å². The largest absolute Gasteiger partial charge is 0.497 e. The van der Waals surface area contributed by atoms with Gasteiger partial charge in [-0.3, -0.25) is 4.98 Å². The monoisotopic (exact) mass is 365 g/mol. The van der Waals surface area contributed by atoms with E-state index in [4.69, 9.17) is 18.9 Å². The molecule has 0 unspecified atom stereocenters. The molecule has 0 amide bonds. The van der Waals surface area contributed by atoms with Crippen LogP contribution in [0, 0.1) is 11.3 Å². The minimum atomic E-state index is 0.407. The zero-order valence-electron chi connectivity index (χ0n) is 15.5. The van der Waals surface area contributed by atoms with Gasteiger partial charge in [-0.05, 0) is 18.2 Å². The number of anilines is 2. The average molecular weight is 365 g/mol. The lowest BCUT2D eigenvalue weighted by molar-refractivity contribution is 0.324. The van der Waals surface area contributed by atoms with Crippen LogP contribution in [0.25, 0.3) is 10.9 Å². The maximum atomic E-state index is 9.54. The van der Waals surface area contributed by atoms with Gasteiger partial charge in [0.25, 0.3) is 0 Å². The van der Waals surface area contributed by atoms with Gasteiger partial charge in [-0.25, -0.2) is 0 Å². The maximum absolute atomic E-state index is 9.54. The highest BCUT2D eigenvalue weighted by Gasteiger charge is 2.16. The van der Waals surface area contributed by atoms with Gasteiger partial charge in [0.15, 0.2) is 11.5 Å². The molecular weight excluding hydrogens is 346 g/mol. The Morgan fingerprint density at radius 3 is 2.19 bits per heavy atom. The van der Waals surface area contributed by atoms with E-state index >= 15 is 0 Å². The van der Waals surface area contributed by atoms with Crippen molar-refractivity contribution in [3.63, 3.8) is 0 Å². The molecule has 138 valence electrons. The summed E-state index contributed by atoms with van der Waals surface area (Å²) in [7, 11) is 6.24. The molecule has 0 aliphatic rings. The van der Waals surface area contributed by atoms with E-state index in [-0.39, 0.29) is 0 Å². The molecule has 7 heteroatoms. The number of nitrogens with zero attached hydrogens (tertiary/aromatic N) is 2. The molecule has 0 spiro atoms. The quantitative estimate of drug-likeness (QED) is 0.709. The summed E-state index contributed by atoms with van der Waals surface area (Å²) in [6.45, 7) is 0. The highest BCUT2D eigenvalue weighted by molar-refractivity contribution is 5.96. The number of rotatable bonds is 6. The number of nitrogens with one attached hydrogen (secondary N) is 1. The Morgan fingerprint density at radius 1 is 0.926 bits per heavy atom. The predicted molar refractivity (Wildman–Crippen MR) is 102 cm³/mol. The summed E-state index contributed by atoms with van der Waals surface area (Å²) in [6, 6.07) is 11.2. The number of ether oxygens (including phenoxy) is 4. The number of pyridine rings is 1.